The van der Waals surface area contributed by atoms with E-state index in [0.717, 1.165) is 25.2 Å². The minimum Gasteiger partial charge on any atom is -0.423 e. The van der Waals surface area contributed by atoms with Gasteiger partial charge in [-0.3, -0.25) is 5.10 Å². The van der Waals surface area contributed by atoms with Crippen LogP contribution in [0.3, 0.4) is 0 Å². The van der Waals surface area contributed by atoms with E-state index in [1.165, 1.54) is 18.5 Å². The average Bonchev–Trinajstić information content (AvgIpc) is 3.17. The number of H-pyrrole nitrogens is 1. The van der Waals surface area contributed by atoms with Crippen molar-refractivity contribution in [1.82, 2.24) is 20.2 Å². The number of fused-ring (bicyclic) bond motifs is 1. The number of aromatic amines is 1. The van der Waals surface area contributed by atoms with Crippen LogP contribution in [0.5, 0.6) is 0 Å². The summed E-state index contributed by atoms with van der Waals surface area (Å²) >= 11 is 0. The van der Waals surface area contributed by atoms with Gasteiger partial charge in [-0.25, -0.2) is 9.37 Å². The molecule has 7 heteroatoms. The van der Waals surface area contributed by atoms with Gasteiger partial charge in [0.15, 0.2) is 5.58 Å². The van der Waals surface area contributed by atoms with Gasteiger partial charge in [-0.2, -0.15) is 10.1 Å². The number of benzene rings is 1. The molecule has 1 N–H and O–H groups in total. The Hall–Kier alpha value is -2.44. The van der Waals surface area contributed by atoms with Crippen molar-refractivity contribution in [2.45, 2.75) is 18.9 Å². The lowest BCUT2D eigenvalue weighted by Crippen LogP contribution is -2.23. The van der Waals surface area contributed by atoms with Crippen molar-refractivity contribution < 1.29 is 8.81 Å². The van der Waals surface area contributed by atoms with Crippen LogP contribution in [-0.2, 0) is 0 Å². The molecule has 1 saturated heterocycles. The summed E-state index contributed by atoms with van der Waals surface area (Å²) in [4.78, 5) is 10.7. The van der Waals surface area contributed by atoms with Crippen molar-refractivity contribution in [2.75, 3.05) is 11.4 Å². The molecule has 1 aliphatic heterocycles. The first-order valence-electron chi connectivity index (χ1n) is 6.49. The quantitative estimate of drug-likeness (QED) is 0.776. The second-order valence-electron chi connectivity index (χ2n) is 4.83. The summed E-state index contributed by atoms with van der Waals surface area (Å²) in [6.45, 7) is 0.834. The van der Waals surface area contributed by atoms with Crippen molar-refractivity contribution in [3.8, 4) is 0 Å². The molecule has 3 aromatic rings. The van der Waals surface area contributed by atoms with Gasteiger partial charge in [0.2, 0.25) is 0 Å². The molecule has 6 nitrogen and oxygen atoms in total. The monoisotopic (exact) mass is 273 g/mol. The Kier molecular flexibility index (Phi) is 2.45. The van der Waals surface area contributed by atoms with Crippen molar-refractivity contribution in [3.63, 3.8) is 0 Å². The number of anilines is 1. The van der Waals surface area contributed by atoms with Crippen molar-refractivity contribution in [2.24, 2.45) is 0 Å². The summed E-state index contributed by atoms with van der Waals surface area (Å²) in [6, 6.07) is 4.94. The Labute approximate surface area is 113 Å². The fourth-order valence-corrected chi connectivity index (χ4v) is 2.66. The molecule has 1 atom stereocenters. The standard InChI is InChI=1S/C13H12FN5O/c14-8-3-4-9-11(6-8)20-13(17-9)19-5-1-2-10(19)12-15-7-16-18-12/h3-4,6-7,10H,1-2,5H2,(H,15,16,18)/t10-/m0/s1. The summed E-state index contributed by atoms with van der Waals surface area (Å²) in [5, 5.41) is 6.78. The molecule has 102 valence electrons. The number of halogens is 1. The lowest BCUT2D eigenvalue weighted by atomic mass is 10.2. The zero-order valence-electron chi connectivity index (χ0n) is 10.6. The van der Waals surface area contributed by atoms with Crippen LogP contribution in [0.15, 0.2) is 28.9 Å². The van der Waals surface area contributed by atoms with Crippen LogP contribution in [0.2, 0.25) is 0 Å². The van der Waals surface area contributed by atoms with Crippen LogP contribution in [0.25, 0.3) is 11.1 Å². The SMILES string of the molecule is Fc1ccc2nc(N3CCC[C@H]3c3ncn[nH]3)oc2c1. The van der Waals surface area contributed by atoms with Gasteiger partial charge in [0.25, 0.3) is 6.01 Å². The molecule has 4 rings (SSSR count). The molecule has 1 fully saturated rings. The number of rotatable bonds is 2. The van der Waals surface area contributed by atoms with Crippen molar-refractivity contribution in [3.05, 3.63) is 36.2 Å². The zero-order valence-corrected chi connectivity index (χ0v) is 10.6. The van der Waals surface area contributed by atoms with E-state index in [1.807, 2.05) is 4.90 Å². The summed E-state index contributed by atoms with van der Waals surface area (Å²) in [7, 11) is 0. The van der Waals surface area contributed by atoms with Gasteiger partial charge >= 0.3 is 0 Å². The highest BCUT2D eigenvalue weighted by molar-refractivity contribution is 5.74. The molecule has 1 aliphatic rings. The minimum atomic E-state index is -0.326. The predicted molar refractivity (Wildman–Crippen MR) is 69.7 cm³/mol. The maximum atomic E-state index is 13.2. The first-order chi connectivity index (χ1) is 9.81. The maximum Gasteiger partial charge on any atom is 0.299 e. The van der Waals surface area contributed by atoms with E-state index in [4.69, 9.17) is 4.42 Å². The van der Waals surface area contributed by atoms with Gasteiger partial charge in [-0.1, -0.05) is 0 Å². The summed E-state index contributed by atoms with van der Waals surface area (Å²) in [5.74, 6) is 0.476. The molecule has 0 saturated carbocycles. The van der Waals surface area contributed by atoms with Crippen LogP contribution in [0.1, 0.15) is 24.7 Å². The molecular weight excluding hydrogens is 261 g/mol. The van der Waals surface area contributed by atoms with Crippen molar-refractivity contribution in [1.29, 1.82) is 0 Å². The van der Waals surface area contributed by atoms with E-state index < -0.39 is 0 Å². The molecule has 2 aromatic heterocycles. The van der Waals surface area contributed by atoms with Gasteiger partial charge in [-0.05, 0) is 25.0 Å². The third kappa shape index (κ3) is 1.74. The Morgan fingerprint density at radius 3 is 3.20 bits per heavy atom. The molecule has 0 unspecified atom stereocenters. The first kappa shape index (κ1) is 11.4. The smallest absolute Gasteiger partial charge is 0.299 e. The maximum absolute atomic E-state index is 13.2. The van der Waals surface area contributed by atoms with Crippen LogP contribution < -0.4 is 4.90 Å². The largest absolute Gasteiger partial charge is 0.423 e. The third-order valence-electron chi connectivity index (χ3n) is 3.59. The fraction of sp³-hybridized carbons (Fsp3) is 0.308. The Morgan fingerprint density at radius 1 is 1.40 bits per heavy atom. The van der Waals surface area contributed by atoms with Crippen LogP contribution in [-0.4, -0.2) is 26.7 Å². The molecule has 0 spiro atoms. The van der Waals surface area contributed by atoms with E-state index in [0.29, 0.717) is 17.1 Å². The zero-order chi connectivity index (χ0) is 13.5. The number of hydrogen-bond donors (Lipinski definition) is 1. The summed E-state index contributed by atoms with van der Waals surface area (Å²) in [5.41, 5.74) is 1.12. The highest BCUT2D eigenvalue weighted by Gasteiger charge is 2.31. The van der Waals surface area contributed by atoms with E-state index in [2.05, 4.69) is 20.2 Å². The van der Waals surface area contributed by atoms with Crippen LogP contribution >= 0.6 is 0 Å². The van der Waals surface area contributed by atoms with Crippen molar-refractivity contribution >= 4 is 17.1 Å². The molecule has 20 heavy (non-hydrogen) atoms. The van der Waals surface area contributed by atoms with E-state index >= 15 is 0 Å². The van der Waals surface area contributed by atoms with E-state index in [9.17, 15) is 4.39 Å². The molecule has 3 heterocycles. The third-order valence-corrected chi connectivity index (χ3v) is 3.59. The van der Waals surface area contributed by atoms with Gasteiger partial charge in [0.1, 0.15) is 23.5 Å². The van der Waals surface area contributed by atoms with Gasteiger partial charge in [0.05, 0.1) is 6.04 Å². The number of nitrogens with zero attached hydrogens (tertiary/aromatic N) is 4. The topological polar surface area (TPSA) is 70.8 Å². The number of nitrogens with one attached hydrogen (secondary N) is 1. The molecule has 0 bridgehead atoms. The van der Waals surface area contributed by atoms with Gasteiger partial charge < -0.3 is 9.32 Å². The summed E-state index contributed by atoms with van der Waals surface area (Å²) < 4.78 is 18.9. The molecule has 1 aromatic carbocycles. The molecule has 0 aliphatic carbocycles. The van der Waals surface area contributed by atoms with E-state index in [-0.39, 0.29) is 11.9 Å². The van der Waals surface area contributed by atoms with E-state index in [1.54, 1.807) is 6.07 Å². The predicted octanol–water partition coefficient (Wildman–Crippen LogP) is 2.43. The Morgan fingerprint density at radius 2 is 2.35 bits per heavy atom. The Bertz CT molecular complexity index is 738. The number of aromatic nitrogens is 4. The fourth-order valence-electron chi connectivity index (χ4n) is 2.66. The van der Waals surface area contributed by atoms with Gasteiger partial charge in [-0.15, -0.1) is 0 Å². The molecule has 0 radical (unpaired) electrons. The number of oxazole rings is 1. The highest BCUT2D eigenvalue weighted by atomic mass is 19.1. The second kappa shape index (κ2) is 4.29. The molecule has 0 amide bonds. The first-order valence-corrected chi connectivity index (χ1v) is 6.49. The van der Waals surface area contributed by atoms with Crippen LogP contribution in [0, 0.1) is 5.82 Å². The molecular formula is C13H12FN5O. The van der Waals surface area contributed by atoms with Crippen LogP contribution in [0.4, 0.5) is 10.4 Å². The normalized spacial score (nSPS) is 19.1. The Balaban J connectivity index is 1.74. The second-order valence-corrected chi connectivity index (χ2v) is 4.83. The highest BCUT2D eigenvalue weighted by Crippen LogP contribution is 2.35. The summed E-state index contributed by atoms with van der Waals surface area (Å²) in [6.07, 6.45) is 3.48. The minimum absolute atomic E-state index is 0.0791. The average molecular weight is 273 g/mol. The van der Waals surface area contributed by atoms with Gasteiger partial charge in [0, 0.05) is 12.6 Å². The lowest BCUT2D eigenvalue weighted by molar-refractivity contribution is 0.545. The lowest BCUT2D eigenvalue weighted by Gasteiger charge is -2.20. The number of hydrogen-bond acceptors (Lipinski definition) is 5.